The lowest BCUT2D eigenvalue weighted by Crippen LogP contribution is -2.46. The van der Waals surface area contributed by atoms with Gasteiger partial charge < -0.3 is 10.6 Å². The molecule has 1 fully saturated rings. The average Bonchev–Trinajstić information content (AvgIpc) is 2.42. The molecule has 1 unspecified atom stereocenters. The summed E-state index contributed by atoms with van der Waals surface area (Å²) in [6.07, 6.45) is 2.13. The van der Waals surface area contributed by atoms with Gasteiger partial charge in [-0.25, -0.2) is 8.78 Å². The largest absolute Gasteiger partial charge is 0.322 e. The van der Waals surface area contributed by atoms with Gasteiger partial charge in [-0.1, -0.05) is 0 Å². The molecule has 0 bridgehead atoms. The molecule has 1 aliphatic rings. The molecule has 1 saturated heterocycles. The zero-order valence-corrected chi connectivity index (χ0v) is 11.5. The molecule has 4 nitrogen and oxygen atoms in total. The normalized spacial score (nSPS) is 19.9. The summed E-state index contributed by atoms with van der Waals surface area (Å²) in [6, 6.07) is 3.50. The number of nitrogens with zero attached hydrogens (tertiary/aromatic N) is 1. The minimum absolute atomic E-state index is 0.0126. The van der Waals surface area contributed by atoms with E-state index in [-0.39, 0.29) is 18.1 Å². The van der Waals surface area contributed by atoms with Crippen LogP contribution in [0.25, 0.3) is 0 Å². The van der Waals surface area contributed by atoms with Gasteiger partial charge in [0.15, 0.2) is 0 Å². The van der Waals surface area contributed by atoms with E-state index in [0.717, 1.165) is 38.1 Å². The highest BCUT2D eigenvalue weighted by molar-refractivity contribution is 5.92. The lowest BCUT2D eigenvalue weighted by Gasteiger charge is -2.31. The number of nitrogens with one attached hydrogen (secondary N) is 2. The Balaban J connectivity index is 1.88. The van der Waals surface area contributed by atoms with Crippen LogP contribution in [0.1, 0.15) is 12.8 Å². The molecule has 1 aromatic rings. The molecule has 0 saturated carbocycles. The van der Waals surface area contributed by atoms with Gasteiger partial charge in [-0.2, -0.15) is 0 Å². The molecule has 1 atom stereocenters. The molecule has 2 N–H and O–H groups in total. The van der Waals surface area contributed by atoms with Crippen LogP contribution in [-0.2, 0) is 4.79 Å². The maximum Gasteiger partial charge on any atom is 0.238 e. The van der Waals surface area contributed by atoms with Crippen molar-refractivity contribution in [2.24, 2.45) is 0 Å². The Labute approximate surface area is 117 Å². The van der Waals surface area contributed by atoms with Crippen molar-refractivity contribution in [3.8, 4) is 0 Å². The highest BCUT2D eigenvalue weighted by atomic mass is 19.1. The van der Waals surface area contributed by atoms with Gasteiger partial charge >= 0.3 is 0 Å². The van der Waals surface area contributed by atoms with Gasteiger partial charge in [0.25, 0.3) is 0 Å². The molecular formula is C14H19F2N3O. The molecule has 1 aromatic carbocycles. The predicted octanol–water partition coefficient (Wildman–Crippen LogP) is 1.59. The van der Waals surface area contributed by atoms with Crippen LogP contribution in [0.2, 0.25) is 0 Å². The Bertz CT molecular complexity index is 481. The molecule has 6 heteroatoms. The summed E-state index contributed by atoms with van der Waals surface area (Å²) in [6.45, 7) is 1.88. The van der Waals surface area contributed by atoms with Gasteiger partial charge in [0, 0.05) is 18.7 Å². The smallest absolute Gasteiger partial charge is 0.238 e. The van der Waals surface area contributed by atoms with E-state index in [4.69, 9.17) is 0 Å². The molecular weight excluding hydrogens is 264 g/mol. The monoisotopic (exact) mass is 283 g/mol. The third-order valence-corrected chi connectivity index (χ3v) is 3.49. The Hall–Kier alpha value is -1.53. The van der Waals surface area contributed by atoms with E-state index >= 15 is 0 Å². The van der Waals surface area contributed by atoms with E-state index in [0.29, 0.717) is 6.04 Å². The fraction of sp³-hybridized carbons (Fsp3) is 0.500. The minimum Gasteiger partial charge on any atom is -0.322 e. The van der Waals surface area contributed by atoms with Crippen LogP contribution in [0.4, 0.5) is 14.5 Å². The lowest BCUT2D eigenvalue weighted by atomic mass is 10.1. The van der Waals surface area contributed by atoms with E-state index in [1.807, 2.05) is 11.9 Å². The number of carbonyl (C=O) groups excluding carboxylic acids is 1. The Morgan fingerprint density at radius 2 is 2.25 bits per heavy atom. The maximum absolute atomic E-state index is 13.4. The molecule has 0 radical (unpaired) electrons. The first-order valence-electron chi connectivity index (χ1n) is 6.73. The molecule has 2 rings (SSSR count). The van der Waals surface area contributed by atoms with E-state index in [1.165, 1.54) is 6.07 Å². The summed E-state index contributed by atoms with van der Waals surface area (Å²) in [4.78, 5) is 13.9. The number of halogens is 2. The highest BCUT2D eigenvalue weighted by Crippen LogP contribution is 2.15. The zero-order valence-electron chi connectivity index (χ0n) is 11.5. The third kappa shape index (κ3) is 3.98. The van der Waals surface area contributed by atoms with Crippen LogP contribution in [0.3, 0.4) is 0 Å². The van der Waals surface area contributed by atoms with E-state index in [1.54, 1.807) is 0 Å². The van der Waals surface area contributed by atoms with Gasteiger partial charge in [-0.15, -0.1) is 0 Å². The summed E-state index contributed by atoms with van der Waals surface area (Å²) in [7, 11) is 1.90. The van der Waals surface area contributed by atoms with Crippen LogP contribution in [0.5, 0.6) is 0 Å². The molecule has 110 valence electrons. The quantitative estimate of drug-likeness (QED) is 0.882. The SMILES string of the molecule is CNC1CCCN(CC(=O)Nc2ccc(F)cc2F)C1. The number of carbonyl (C=O) groups is 1. The second-order valence-corrected chi connectivity index (χ2v) is 5.04. The summed E-state index contributed by atoms with van der Waals surface area (Å²) in [5, 5.41) is 5.67. The number of hydrogen-bond donors (Lipinski definition) is 2. The highest BCUT2D eigenvalue weighted by Gasteiger charge is 2.20. The average molecular weight is 283 g/mol. The second-order valence-electron chi connectivity index (χ2n) is 5.04. The standard InChI is InChI=1S/C14H19F2N3O/c1-17-11-3-2-6-19(8-11)9-14(20)18-13-5-4-10(15)7-12(13)16/h4-5,7,11,17H,2-3,6,8-9H2,1H3,(H,18,20). The van der Waals surface area contributed by atoms with Crippen LogP contribution in [0.15, 0.2) is 18.2 Å². The van der Waals surface area contributed by atoms with Crippen molar-refractivity contribution >= 4 is 11.6 Å². The number of amides is 1. The van der Waals surface area contributed by atoms with Crippen molar-refractivity contribution in [1.29, 1.82) is 0 Å². The Kier molecular flexibility index (Phi) is 5.03. The van der Waals surface area contributed by atoms with Crippen molar-refractivity contribution in [3.05, 3.63) is 29.8 Å². The first-order valence-corrected chi connectivity index (χ1v) is 6.73. The van der Waals surface area contributed by atoms with Crippen LogP contribution in [0, 0.1) is 11.6 Å². The Morgan fingerprint density at radius 1 is 1.45 bits per heavy atom. The fourth-order valence-corrected chi connectivity index (χ4v) is 2.42. The van der Waals surface area contributed by atoms with E-state index in [9.17, 15) is 13.6 Å². The van der Waals surface area contributed by atoms with Crippen LogP contribution < -0.4 is 10.6 Å². The summed E-state index contributed by atoms with van der Waals surface area (Å²) in [5.74, 6) is -1.70. The van der Waals surface area contributed by atoms with Gasteiger partial charge in [0.1, 0.15) is 11.6 Å². The summed E-state index contributed by atoms with van der Waals surface area (Å²) < 4.78 is 26.2. The van der Waals surface area contributed by atoms with Crippen molar-refractivity contribution in [2.45, 2.75) is 18.9 Å². The van der Waals surface area contributed by atoms with Crippen molar-refractivity contribution in [1.82, 2.24) is 10.2 Å². The molecule has 0 aromatic heterocycles. The van der Waals surface area contributed by atoms with Gasteiger partial charge in [-0.3, -0.25) is 9.69 Å². The first kappa shape index (κ1) is 14.9. The fourth-order valence-electron chi connectivity index (χ4n) is 2.42. The first-order chi connectivity index (χ1) is 9.58. The number of benzene rings is 1. The number of anilines is 1. The molecule has 0 aliphatic carbocycles. The maximum atomic E-state index is 13.4. The topological polar surface area (TPSA) is 44.4 Å². The minimum atomic E-state index is -0.759. The molecule has 1 amide bonds. The second kappa shape index (κ2) is 6.76. The van der Waals surface area contributed by atoms with Crippen molar-refractivity contribution in [2.75, 3.05) is 32.0 Å². The number of likely N-dealkylation sites (tertiary alicyclic amines) is 1. The Morgan fingerprint density at radius 3 is 2.95 bits per heavy atom. The number of likely N-dealkylation sites (N-methyl/N-ethyl adjacent to an activating group) is 1. The number of rotatable bonds is 4. The van der Waals surface area contributed by atoms with Crippen molar-refractivity contribution in [3.63, 3.8) is 0 Å². The molecule has 0 spiro atoms. The van der Waals surface area contributed by atoms with E-state index in [2.05, 4.69) is 10.6 Å². The molecule has 1 heterocycles. The van der Waals surface area contributed by atoms with Crippen molar-refractivity contribution < 1.29 is 13.6 Å². The van der Waals surface area contributed by atoms with Gasteiger partial charge in [-0.05, 0) is 38.6 Å². The number of piperidine rings is 1. The lowest BCUT2D eigenvalue weighted by molar-refractivity contribution is -0.117. The zero-order chi connectivity index (χ0) is 14.5. The third-order valence-electron chi connectivity index (χ3n) is 3.49. The van der Waals surface area contributed by atoms with Gasteiger partial charge in [0.05, 0.1) is 12.2 Å². The van der Waals surface area contributed by atoms with Crippen LogP contribution >= 0.6 is 0 Å². The summed E-state index contributed by atoms with van der Waals surface area (Å²) in [5.41, 5.74) is 0.0126. The van der Waals surface area contributed by atoms with Crippen LogP contribution in [-0.4, -0.2) is 43.5 Å². The molecule has 1 aliphatic heterocycles. The van der Waals surface area contributed by atoms with Gasteiger partial charge in [0.2, 0.25) is 5.91 Å². The molecule has 20 heavy (non-hydrogen) atoms. The number of hydrogen-bond acceptors (Lipinski definition) is 3. The van der Waals surface area contributed by atoms with E-state index < -0.39 is 11.6 Å². The summed E-state index contributed by atoms with van der Waals surface area (Å²) >= 11 is 0. The predicted molar refractivity (Wildman–Crippen MR) is 73.5 cm³/mol.